The Morgan fingerprint density at radius 1 is 0.744 bits per heavy atom. The van der Waals surface area contributed by atoms with E-state index in [9.17, 15) is 0 Å². The molecule has 3 aromatic rings. The maximum atomic E-state index is 4.78. The molecule has 0 unspecified atom stereocenters. The van der Waals surface area contributed by atoms with Crippen molar-refractivity contribution < 1.29 is 0 Å². The number of piperidine rings is 1. The molecule has 0 atom stereocenters. The average Bonchev–Trinajstić information content (AvgIpc) is 2.94. The van der Waals surface area contributed by atoms with E-state index < -0.39 is 0 Å². The van der Waals surface area contributed by atoms with Crippen LogP contribution < -0.4 is 20.9 Å². The number of hydrogen-bond donors (Lipinski definition) is 3. The lowest BCUT2D eigenvalue weighted by Crippen LogP contribution is -2.44. The highest BCUT2D eigenvalue weighted by atomic mass is 15.3. The maximum absolute atomic E-state index is 4.78. The third kappa shape index (κ3) is 9.16. The number of likely N-dealkylation sites (N-methyl/N-ethyl adjacent to an activating group) is 2. The van der Waals surface area contributed by atoms with Crippen molar-refractivity contribution in [1.29, 1.82) is 0 Å². The van der Waals surface area contributed by atoms with Gasteiger partial charge < -0.3 is 30.7 Å². The quantitative estimate of drug-likeness (QED) is 0.290. The predicted octanol–water partition coefficient (Wildman–Crippen LogP) is 3.21. The van der Waals surface area contributed by atoms with Crippen LogP contribution in [0.4, 0.5) is 17.8 Å². The van der Waals surface area contributed by atoms with Gasteiger partial charge in [0.2, 0.25) is 17.8 Å². The summed E-state index contributed by atoms with van der Waals surface area (Å²) in [5.41, 5.74) is 2.70. The van der Waals surface area contributed by atoms with Gasteiger partial charge in [0, 0.05) is 57.8 Å². The second kappa shape index (κ2) is 14.8. The van der Waals surface area contributed by atoms with Gasteiger partial charge in [-0.15, -0.1) is 0 Å². The molecule has 0 radical (unpaired) electrons. The minimum Gasteiger partial charge on any atom is -0.353 e. The zero-order valence-corrected chi connectivity index (χ0v) is 24.0. The zero-order valence-electron chi connectivity index (χ0n) is 24.0. The molecule has 1 aliphatic rings. The van der Waals surface area contributed by atoms with Crippen molar-refractivity contribution >= 4 is 17.8 Å². The van der Waals surface area contributed by atoms with Crippen LogP contribution >= 0.6 is 0 Å². The lowest BCUT2D eigenvalue weighted by atomic mass is 9.90. The van der Waals surface area contributed by atoms with E-state index in [0.717, 1.165) is 64.6 Å². The number of rotatable bonds is 14. The second-order valence-corrected chi connectivity index (χ2v) is 10.8. The van der Waals surface area contributed by atoms with Crippen LogP contribution in [0, 0.1) is 0 Å². The Kier molecular flexibility index (Phi) is 10.9. The topological polar surface area (TPSA) is 84.5 Å². The first-order valence-electron chi connectivity index (χ1n) is 14.1. The highest BCUT2D eigenvalue weighted by molar-refractivity contribution is 5.44. The van der Waals surface area contributed by atoms with Crippen LogP contribution in [0.5, 0.6) is 0 Å². The molecule has 2 heterocycles. The molecule has 0 bridgehead atoms. The van der Waals surface area contributed by atoms with Gasteiger partial charge in [-0.1, -0.05) is 60.7 Å². The van der Waals surface area contributed by atoms with Gasteiger partial charge in [0.25, 0.3) is 0 Å². The average molecular weight is 532 g/mol. The van der Waals surface area contributed by atoms with Crippen LogP contribution in [-0.4, -0.2) is 105 Å². The number of anilines is 3. The van der Waals surface area contributed by atoms with Gasteiger partial charge in [-0.2, -0.15) is 15.0 Å². The summed E-state index contributed by atoms with van der Waals surface area (Å²) in [6, 6.07) is 22.1. The van der Waals surface area contributed by atoms with Crippen molar-refractivity contribution in [3.05, 3.63) is 71.8 Å². The van der Waals surface area contributed by atoms with E-state index in [1.165, 1.54) is 11.1 Å². The van der Waals surface area contributed by atoms with Crippen LogP contribution in [0.2, 0.25) is 0 Å². The molecule has 9 heteroatoms. The van der Waals surface area contributed by atoms with Gasteiger partial charge in [-0.25, -0.2) is 0 Å². The molecule has 0 saturated carbocycles. The number of hydrogen-bond acceptors (Lipinski definition) is 9. The Morgan fingerprint density at radius 2 is 1.23 bits per heavy atom. The maximum Gasteiger partial charge on any atom is 0.231 e. The van der Waals surface area contributed by atoms with Crippen molar-refractivity contribution in [3.63, 3.8) is 0 Å². The molecule has 1 saturated heterocycles. The summed E-state index contributed by atoms with van der Waals surface area (Å²) < 4.78 is 0. The predicted molar refractivity (Wildman–Crippen MR) is 162 cm³/mol. The molecule has 1 fully saturated rings. The highest BCUT2D eigenvalue weighted by Gasteiger charge is 2.23. The molecule has 0 amide bonds. The van der Waals surface area contributed by atoms with Crippen LogP contribution in [0.15, 0.2) is 60.7 Å². The zero-order chi connectivity index (χ0) is 27.5. The van der Waals surface area contributed by atoms with Gasteiger partial charge in [0.15, 0.2) is 0 Å². The molecule has 0 spiro atoms. The van der Waals surface area contributed by atoms with E-state index in [1.54, 1.807) is 0 Å². The summed E-state index contributed by atoms with van der Waals surface area (Å²) in [6.07, 6.45) is 2.10. The number of nitrogens with one attached hydrogen (secondary N) is 3. The van der Waals surface area contributed by atoms with Gasteiger partial charge in [0.05, 0.1) is 0 Å². The Morgan fingerprint density at radius 3 is 1.69 bits per heavy atom. The van der Waals surface area contributed by atoms with Crippen LogP contribution in [-0.2, 0) is 0 Å². The Balaban J connectivity index is 1.37. The first-order chi connectivity index (χ1) is 19.0. The SMILES string of the molecule is CN(C)CCNc1nc(NCCN(C)C)nc(N2CCC(NCC(c3ccccc3)c3ccccc3)CC2)n1. The summed E-state index contributed by atoms with van der Waals surface area (Å²) in [6.45, 7) is 6.13. The minimum atomic E-state index is 0.334. The van der Waals surface area contributed by atoms with Crippen molar-refractivity contribution in [1.82, 2.24) is 30.1 Å². The van der Waals surface area contributed by atoms with Crippen LogP contribution in [0.3, 0.4) is 0 Å². The molecular weight excluding hydrogens is 486 g/mol. The molecule has 39 heavy (non-hydrogen) atoms. The number of nitrogens with zero attached hydrogens (tertiary/aromatic N) is 6. The Bertz CT molecular complexity index is 1030. The summed E-state index contributed by atoms with van der Waals surface area (Å²) >= 11 is 0. The number of benzene rings is 2. The minimum absolute atomic E-state index is 0.334. The first-order valence-corrected chi connectivity index (χ1v) is 14.1. The summed E-state index contributed by atoms with van der Waals surface area (Å²) in [5.74, 6) is 2.33. The van der Waals surface area contributed by atoms with Gasteiger partial charge >= 0.3 is 0 Å². The molecule has 3 N–H and O–H groups in total. The van der Waals surface area contributed by atoms with Crippen molar-refractivity contribution in [2.24, 2.45) is 0 Å². The van der Waals surface area contributed by atoms with Crippen molar-refractivity contribution in [3.8, 4) is 0 Å². The molecule has 4 rings (SSSR count). The molecule has 2 aromatic carbocycles. The van der Waals surface area contributed by atoms with Gasteiger partial charge in [0.1, 0.15) is 0 Å². The molecule has 1 aromatic heterocycles. The number of aromatic nitrogens is 3. The fourth-order valence-electron chi connectivity index (χ4n) is 4.81. The van der Waals surface area contributed by atoms with E-state index in [-0.39, 0.29) is 0 Å². The van der Waals surface area contributed by atoms with Gasteiger partial charge in [-0.3, -0.25) is 0 Å². The van der Waals surface area contributed by atoms with Crippen molar-refractivity contribution in [2.75, 3.05) is 89.5 Å². The summed E-state index contributed by atoms with van der Waals surface area (Å²) in [4.78, 5) is 20.8. The summed E-state index contributed by atoms with van der Waals surface area (Å²) in [7, 11) is 8.26. The monoisotopic (exact) mass is 531 g/mol. The van der Waals surface area contributed by atoms with E-state index >= 15 is 0 Å². The fraction of sp³-hybridized carbons (Fsp3) is 0.500. The third-order valence-electron chi connectivity index (χ3n) is 7.10. The van der Waals surface area contributed by atoms with Crippen molar-refractivity contribution in [2.45, 2.75) is 24.8 Å². The largest absolute Gasteiger partial charge is 0.353 e. The molecule has 210 valence electrons. The van der Waals surface area contributed by atoms with E-state index in [2.05, 4.69) is 124 Å². The highest BCUT2D eigenvalue weighted by Crippen LogP contribution is 2.25. The van der Waals surface area contributed by atoms with E-state index in [1.807, 2.05) is 0 Å². The normalized spacial score (nSPS) is 14.4. The second-order valence-electron chi connectivity index (χ2n) is 10.8. The fourth-order valence-corrected chi connectivity index (χ4v) is 4.81. The summed E-state index contributed by atoms with van der Waals surface area (Å²) in [5, 5.41) is 10.6. The first kappa shape index (κ1) is 28.7. The lowest BCUT2D eigenvalue weighted by molar-refractivity contribution is 0.407. The standard InChI is InChI=1S/C30H45N9/c1-37(2)21-17-31-28-34-29(32-18-22-38(3)4)36-30(35-28)39-19-15-26(16-20-39)33-23-27(24-11-7-5-8-12-24)25-13-9-6-10-14-25/h5-14,26-27,33H,15-23H2,1-4H3,(H2,31,32,34,35,36). The Hall–Kier alpha value is -3.27. The molecule has 1 aliphatic heterocycles. The molecule has 9 nitrogen and oxygen atoms in total. The lowest BCUT2D eigenvalue weighted by Gasteiger charge is -2.33. The van der Waals surface area contributed by atoms with E-state index in [4.69, 9.17) is 9.97 Å². The molecule has 0 aliphatic carbocycles. The Labute approximate surface area is 234 Å². The van der Waals surface area contributed by atoms with E-state index in [0.29, 0.717) is 23.9 Å². The third-order valence-corrected chi connectivity index (χ3v) is 7.10. The van der Waals surface area contributed by atoms with Crippen LogP contribution in [0.1, 0.15) is 29.9 Å². The smallest absolute Gasteiger partial charge is 0.231 e. The molecular formula is C30H45N9. The van der Waals surface area contributed by atoms with Crippen LogP contribution in [0.25, 0.3) is 0 Å². The van der Waals surface area contributed by atoms with Gasteiger partial charge in [-0.05, 0) is 52.2 Å².